The van der Waals surface area contributed by atoms with Crippen molar-refractivity contribution in [2.24, 2.45) is 5.92 Å². The van der Waals surface area contributed by atoms with Gasteiger partial charge in [0.25, 0.3) is 0 Å². The molecule has 0 saturated carbocycles. The molecule has 3 N–H and O–H groups in total. The van der Waals surface area contributed by atoms with E-state index in [1.54, 1.807) is 0 Å². The van der Waals surface area contributed by atoms with Gasteiger partial charge in [0.15, 0.2) is 0 Å². The van der Waals surface area contributed by atoms with Crippen LogP contribution in [0, 0.1) is 5.92 Å². The van der Waals surface area contributed by atoms with Crippen LogP contribution in [0.25, 0.3) is 0 Å². The van der Waals surface area contributed by atoms with E-state index in [1.165, 1.54) is 0 Å². The largest absolute Gasteiger partial charge is 0.396 e. The summed E-state index contributed by atoms with van der Waals surface area (Å²) < 4.78 is 0. The lowest BCUT2D eigenvalue weighted by Crippen LogP contribution is -2.47. The molecule has 5 heteroatoms. The van der Waals surface area contributed by atoms with Gasteiger partial charge in [-0.15, -0.1) is 0 Å². The third kappa shape index (κ3) is 2.38. The van der Waals surface area contributed by atoms with Crippen molar-refractivity contribution in [1.82, 2.24) is 4.90 Å². The summed E-state index contributed by atoms with van der Waals surface area (Å²) in [4.78, 5) is 14.3. The molecule has 102 valence electrons. The minimum absolute atomic E-state index is 0.123. The molecule has 5 nitrogen and oxygen atoms in total. The molecule has 0 aliphatic carbocycles. The predicted octanol–water partition coefficient (Wildman–Crippen LogP) is 0.733. The third-order valence-electron chi connectivity index (χ3n) is 3.91. The van der Waals surface area contributed by atoms with Gasteiger partial charge in [0.1, 0.15) is 6.04 Å². The number of fused-ring (bicyclic) bond motifs is 1. The molecule has 2 aliphatic heterocycles. The van der Waals surface area contributed by atoms with Gasteiger partial charge in [-0.05, 0) is 18.6 Å². The number of anilines is 2. The molecule has 2 unspecified atom stereocenters. The SMILES string of the molecule is O=C(C1CNc2ccccc2N1)N1CCC(CO)C1. The van der Waals surface area contributed by atoms with Gasteiger partial charge in [-0.25, -0.2) is 0 Å². The highest BCUT2D eigenvalue weighted by atomic mass is 16.3. The summed E-state index contributed by atoms with van der Waals surface area (Å²) in [5.41, 5.74) is 2.02. The van der Waals surface area contributed by atoms with E-state index in [4.69, 9.17) is 5.11 Å². The number of benzene rings is 1. The van der Waals surface area contributed by atoms with Crippen LogP contribution in [0.5, 0.6) is 0 Å². The number of hydrogen-bond donors (Lipinski definition) is 3. The number of carbonyl (C=O) groups excluding carboxylic acids is 1. The van der Waals surface area contributed by atoms with Crippen LogP contribution in [0.1, 0.15) is 6.42 Å². The molecule has 1 saturated heterocycles. The first-order chi connectivity index (χ1) is 9.28. The van der Waals surface area contributed by atoms with Gasteiger partial charge in [-0.2, -0.15) is 0 Å². The van der Waals surface area contributed by atoms with E-state index in [0.29, 0.717) is 13.1 Å². The molecule has 1 aromatic rings. The Hall–Kier alpha value is -1.75. The Morgan fingerprint density at radius 2 is 2.16 bits per heavy atom. The maximum atomic E-state index is 12.4. The number of aliphatic hydroxyl groups is 1. The maximum absolute atomic E-state index is 12.4. The summed E-state index contributed by atoms with van der Waals surface area (Å²) in [6.07, 6.45) is 0.902. The molecule has 3 rings (SSSR count). The van der Waals surface area contributed by atoms with Crippen LogP contribution in [-0.4, -0.2) is 48.2 Å². The molecule has 19 heavy (non-hydrogen) atoms. The zero-order chi connectivity index (χ0) is 13.2. The van der Waals surface area contributed by atoms with E-state index in [0.717, 1.165) is 24.3 Å². The van der Waals surface area contributed by atoms with Crippen molar-refractivity contribution in [2.75, 3.05) is 36.9 Å². The minimum atomic E-state index is -0.215. The van der Waals surface area contributed by atoms with Crippen molar-refractivity contribution in [3.05, 3.63) is 24.3 Å². The maximum Gasteiger partial charge on any atom is 0.246 e. The normalized spacial score (nSPS) is 25.4. The smallest absolute Gasteiger partial charge is 0.246 e. The summed E-state index contributed by atoms with van der Waals surface area (Å²) in [5.74, 6) is 0.366. The Morgan fingerprint density at radius 1 is 1.37 bits per heavy atom. The van der Waals surface area contributed by atoms with Crippen LogP contribution in [0.2, 0.25) is 0 Å². The summed E-state index contributed by atoms with van der Waals surface area (Å²) in [6.45, 7) is 2.21. The van der Waals surface area contributed by atoms with Gasteiger partial charge >= 0.3 is 0 Å². The highest BCUT2D eigenvalue weighted by Crippen LogP contribution is 2.26. The van der Waals surface area contributed by atoms with Gasteiger partial charge < -0.3 is 20.6 Å². The van der Waals surface area contributed by atoms with E-state index in [9.17, 15) is 4.79 Å². The monoisotopic (exact) mass is 261 g/mol. The molecule has 2 atom stereocenters. The number of para-hydroxylation sites is 2. The third-order valence-corrected chi connectivity index (χ3v) is 3.91. The van der Waals surface area contributed by atoms with Gasteiger partial charge in [-0.1, -0.05) is 12.1 Å². The molecule has 1 fully saturated rings. The van der Waals surface area contributed by atoms with E-state index >= 15 is 0 Å². The fourth-order valence-corrected chi connectivity index (χ4v) is 2.77. The van der Waals surface area contributed by atoms with Crippen LogP contribution >= 0.6 is 0 Å². The first-order valence-electron chi connectivity index (χ1n) is 6.77. The topological polar surface area (TPSA) is 64.6 Å². The highest BCUT2D eigenvalue weighted by Gasteiger charge is 2.32. The molecular formula is C14H19N3O2. The molecule has 1 aromatic carbocycles. The summed E-state index contributed by atoms with van der Waals surface area (Å²) >= 11 is 0. The van der Waals surface area contributed by atoms with Gasteiger partial charge in [0.2, 0.25) is 5.91 Å². The second kappa shape index (κ2) is 5.09. The molecule has 0 aromatic heterocycles. The zero-order valence-corrected chi connectivity index (χ0v) is 10.8. The van der Waals surface area contributed by atoms with Crippen LogP contribution in [0.4, 0.5) is 11.4 Å². The number of rotatable bonds is 2. The lowest BCUT2D eigenvalue weighted by Gasteiger charge is -2.30. The average Bonchev–Trinajstić information content (AvgIpc) is 2.95. The number of likely N-dealkylation sites (tertiary alicyclic amines) is 1. The molecule has 1 amide bonds. The standard InChI is InChI=1S/C14H19N3O2/c18-9-10-5-6-17(8-10)14(19)13-7-15-11-3-1-2-4-12(11)16-13/h1-4,10,13,15-16,18H,5-9H2. The fourth-order valence-electron chi connectivity index (χ4n) is 2.77. The van der Waals surface area contributed by atoms with Gasteiger partial charge in [0.05, 0.1) is 11.4 Å². The number of nitrogens with zero attached hydrogens (tertiary/aromatic N) is 1. The summed E-state index contributed by atoms with van der Waals surface area (Å²) in [7, 11) is 0. The van der Waals surface area contributed by atoms with Crippen LogP contribution in [0.15, 0.2) is 24.3 Å². The second-order valence-corrected chi connectivity index (χ2v) is 5.24. The lowest BCUT2D eigenvalue weighted by molar-refractivity contribution is -0.130. The molecule has 0 bridgehead atoms. The number of carbonyl (C=O) groups is 1. The van der Waals surface area contributed by atoms with Crippen molar-refractivity contribution in [2.45, 2.75) is 12.5 Å². The highest BCUT2D eigenvalue weighted by molar-refractivity contribution is 5.88. The lowest BCUT2D eigenvalue weighted by atomic mass is 10.1. The number of hydrogen-bond acceptors (Lipinski definition) is 4. The molecular weight excluding hydrogens is 242 g/mol. The predicted molar refractivity (Wildman–Crippen MR) is 74.1 cm³/mol. The molecule has 2 aliphatic rings. The van der Waals surface area contributed by atoms with Gasteiger partial charge in [-0.3, -0.25) is 4.79 Å². The van der Waals surface area contributed by atoms with Crippen LogP contribution in [0.3, 0.4) is 0 Å². The van der Waals surface area contributed by atoms with Crippen LogP contribution < -0.4 is 10.6 Å². The van der Waals surface area contributed by atoms with Gasteiger partial charge in [0, 0.05) is 32.2 Å². The van der Waals surface area contributed by atoms with Crippen LogP contribution in [-0.2, 0) is 4.79 Å². The van der Waals surface area contributed by atoms with Crippen molar-refractivity contribution >= 4 is 17.3 Å². The minimum Gasteiger partial charge on any atom is -0.396 e. The van der Waals surface area contributed by atoms with E-state index in [2.05, 4.69) is 10.6 Å². The first kappa shape index (κ1) is 12.3. The first-order valence-corrected chi connectivity index (χ1v) is 6.77. The quantitative estimate of drug-likeness (QED) is 0.734. The number of nitrogens with one attached hydrogen (secondary N) is 2. The Kier molecular flexibility index (Phi) is 3.29. The van der Waals surface area contributed by atoms with Crippen molar-refractivity contribution < 1.29 is 9.90 Å². The Labute approximate surface area is 112 Å². The van der Waals surface area contributed by atoms with Crippen molar-refractivity contribution in [1.29, 1.82) is 0 Å². The summed E-state index contributed by atoms with van der Waals surface area (Å²) in [6, 6.07) is 7.69. The molecule has 0 radical (unpaired) electrons. The fraction of sp³-hybridized carbons (Fsp3) is 0.500. The second-order valence-electron chi connectivity index (χ2n) is 5.24. The van der Waals surface area contributed by atoms with Crippen molar-refractivity contribution in [3.8, 4) is 0 Å². The average molecular weight is 261 g/mol. The van der Waals surface area contributed by atoms with E-state index in [1.807, 2.05) is 29.2 Å². The van der Waals surface area contributed by atoms with Crippen molar-refractivity contribution in [3.63, 3.8) is 0 Å². The number of aliphatic hydroxyl groups excluding tert-OH is 1. The summed E-state index contributed by atoms with van der Waals surface area (Å²) in [5, 5.41) is 15.7. The molecule has 2 heterocycles. The van der Waals surface area contributed by atoms with E-state index in [-0.39, 0.29) is 24.5 Å². The Balaban J connectivity index is 1.66. The Bertz CT molecular complexity index is 478. The molecule has 0 spiro atoms. The zero-order valence-electron chi connectivity index (χ0n) is 10.8. The Morgan fingerprint density at radius 3 is 2.89 bits per heavy atom. The van der Waals surface area contributed by atoms with E-state index < -0.39 is 0 Å². The number of amides is 1.